The number of aryl methyl sites for hydroxylation is 2. The molecule has 0 spiro atoms. The van der Waals surface area contributed by atoms with Crippen LogP contribution in [0, 0.1) is 22.7 Å². The third-order valence-corrected chi connectivity index (χ3v) is 6.12. The van der Waals surface area contributed by atoms with Gasteiger partial charge in [-0.1, -0.05) is 100 Å². The standard InChI is InChI=1S/C30H32N2/c1-3-5-7-11-23-15-17-25(18-16-23)26-13-9-10-14-27(26)28-20-19-24(12-8-6-4-2)29(21-31)30(28)22-32/h9-10,13-20H,3-8,11-12H2,1-2H3. The summed E-state index contributed by atoms with van der Waals surface area (Å²) in [5, 5.41) is 19.8. The van der Waals surface area contributed by atoms with Crippen molar-refractivity contribution < 1.29 is 0 Å². The minimum atomic E-state index is 0.491. The fraction of sp³-hybridized carbons (Fsp3) is 0.333. The Morgan fingerprint density at radius 3 is 1.84 bits per heavy atom. The average Bonchev–Trinajstić information content (AvgIpc) is 2.84. The molecule has 3 aromatic rings. The molecule has 2 heteroatoms. The highest BCUT2D eigenvalue weighted by Gasteiger charge is 2.17. The van der Waals surface area contributed by atoms with Gasteiger partial charge in [-0.25, -0.2) is 0 Å². The lowest BCUT2D eigenvalue weighted by Crippen LogP contribution is -1.98. The van der Waals surface area contributed by atoms with E-state index < -0.39 is 0 Å². The van der Waals surface area contributed by atoms with E-state index in [-0.39, 0.29) is 0 Å². The first-order valence-corrected chi connectivity index (χ1v) is 11.9. The Morgan fingerprint density at radius 1 is 0.594 bits per heavy atom. The lowest BCUT2D eigenvalue weighted by Gasteiger charge is -2.15. The Balaban J connectivity index is 2.00. The number of unbranched alkanes of at least 4 members (excludes halogenated alkanes) is 4. The molecule has 0 radical (unpaired) electrons. The van der Waals surface area contributed by atoms with Gasteiger partial charge in [0.15, 0.2) is 0 Å². The van der Waals surface area contributed by atoms with Gasteiger partial charge in [-0.3, -0.25) is 0 Å². The highest BCUT2D eigenvalue weighted by atomic mass is 14.3. The molecule has 0 fully saturated rings. The van der Waals surface area contributed by atoms with E-state index in [1.54, 1.807) is 0 Å². The van der Waals surface area contributed by atoms with E-state index in [0.29, 0.717) is 11.1 Å². The van der Waals surface area contributed by atoms with Gasteiger partial charge in [0.25, 0.3) is 0 Å². The van der Waals surface area contributed by atoms with Crippen LogP contribution in [-0.2, 0) is 12.8 Å². The molecule has 3 aromatic carbocycles. The molecular weight excluding hydrogens is 388 g/mol. The van der Waals surface area contributed by atoms with Crippen LogP contribution in [0.25, 0.3) is 22.3 Å². The summed E-state index contributed by atoms with van der Waals surface area (Å²) < 4.78 is 0. The molecule has 32 heavy (non-hydrogen) atoms. The minimum absolute atomic E-state index is 0.491. The maximum Gasteiger partial charge on any atom is 0.101 e. The summed E-state index contributed by atoms with van der Waals surface area (Å²) in [6, 6.07) is 25.7. The molecule has 0 saturated heterocycles. The predicted octanol–water partition coefficient (Wildman–Crippen LogP) is 8.23. The quantitative estimate of drug-likeness (QED) is 0.310. The van der Waals surface area contributed by atoms with Gasteiger partial charge < -0.3 is 0 Å². The summed E-state index contributed by atoms with van der Waals surface area (Å²) in [4.78, 5) is 0. The molecule has 162 valence electrons. The molecule has 0 bridgehead atoms. The van der Waals surface area contributed by atoms with Gasteiger partial charge in [0.1, 0.15) is 12.1 Å². The van der Waals surface area contributed by atoms with E-state index in [2.05, 4.69) is 62.4 Å². The van der Waals surface area contributed by atoms with Crippen LogP contribution in [0.1, 0.15) is 74.6 Å². The molecule has 0 heterocycles. The van der Waals surface area contributed by atoms with E-state index in [9.17, 15) is 10.5 Å². The second-order valence-corrected chi connectivity index (χ2v) is 8.40. The molecular formula is C30H32N2. The third-order valence-electron chi connectivity index (χ3n) is 6.12. The van der Waals surface area contributed by atoms with Crippen LogP contribution < -0.4 is 0 Å². The van der Waals surface area contributed by atoms with Crippen molar-refractivity contribution in [3.8, 4) is 34.4 Å². The number of hydrogen-bond acceptors (Lipinski definition) is 2. The van der Waals surface area contributed by atoms with Crippen LogP contribution in [0.2, 0.25) is 0 Å². The van der Waals surface area contributed by atoms with E-state index in [0.717, 1.165) is 59.9 Å². The fourth-order valence-corrected chi connectivity index (χ4v) is 4.29. The number of hydrogen-bond donors (Lipinski definition) is 0. The number of benzene rings is 3. The van der Waals surface area contributed by atoms with Crippen LogP contribution in [0.4, 0.5) is 0 Å². The predicted molar refractivity (Wildman–Crippen MR) is 133 cm³/mol. The van der Waals surface area contributed by atoms with Gasteiger partial charge in [0.05, 0.1) is 11.1 Å². The zero-order chi connectivity index (χ0) is 22.8. The van der Waals surface area contributed by atoms with Crippen LogP contribution >= 0.6 is 0 Å². The highest BCUT2D eigenvalue weighted by molar-refractivity contribution is 5.87. The first-order valence-electron chi connectivity index (χ1n) is 11.9. The summed E-state index contributed by atoms with van der Waals surface area (Å²) in [5.74, 6) is 0. The monoisotopic (exact) mass is 420 g/mol. The summed E-state index contributed by atoms with van der Waals surface area (Å²) in [6.07, 6.45) is 8.97. The van der Waals surface area contributed by atoms with Crippen molar-refractivity contribution in [3.05, 3.63) is 82.9 Å². The Hall–Kier alpha value is -3.36. The van der Waals surface area contributed by atoms with Gasteiger partial charge in [0, 0.05) is 5.56 Å². The average molecular weight is 421 g/mol. The van der Waals surface area contributed by atoms with Crippen molar-refractivity contribution in [2.75, 3.05) is 0 Å². The molecule has 0 N–H and O–H groups in total. The van der Waals surface area contributed by atoms with Crippen LogP contribution in [0.5, 0.6) is 0 Å². The zero-order valence-corrected chi connectivity index (χ0v) is 19.3. The van der Waals surface area contributed by atoms with E-state index in [1.807, 2.05) is 24.3 Å². The van der Waals surface area contributed by atoms with E-state index >= 15 is 0 Å². The van der Waals surface area contributed by atoms with Gasteiger partial charge >= 0.3 is 0 Å². The molecule has 0 aliphatic heterocycles. The van der Waals surface area contributed by atoms with Gasteiger partial charge in [-0.05, 0) is 53.5 Å². The van der Waals surface area contributed by atoms with Crippen molar-refractivity contribution in [1.29, 1.82) is 10.5 Å². The number of nitrogens with zero attached hydrogens (tertiary/aromatic N) is 2. The summed E-state index contributed by atoms with van der Waals surface area (Å²) in [6.45, 7) is 4.40. The van der Waals surface area contributed by atoms with E-state index in [4.69, 9.17) is 0 Å². The molecule has 0 saturated carbocycles. The molecule has 0 atom stereocenters. The van der Waals surface area contributed by atoms with Crippen molar-refractivity contribution >= 4 is 0 Å². The molecule has 0 aliphatic rings. The maximum absolute atomic E-state index is 9.99. The van der Waals surface area contributed by atoms with Gasteiger partial charge in [0.2, 0.25) is 0 Å². The lowest BCUT2D eigenvalue weighted by atomic mass is 9.87. The molecule has 0 aromatic heterocycles. The smallest absolute Gasteiger partial charge is 0.101 e. The van der Waals surface area contributed by atoms with Gasteiger partial charge in [-0.15, -0.1) is 0 Å². The molecule has 2 nitrogen and oxygen atoms in total. The summed E-state index contributed by atoms with van der Waals surface area (Å²) >= 11 is 0. The fourth-order valence-electron chi connectivity index (χ4n) is 4.29. The number of rotatable bonds is 10. The second-order valence-electron chi connectivity index (χ2n) is 8.40. The normalized spacial score (nSPS) is 10.5. The van der Waals surface area contributed by atoms with Crippen molar-refractivity contribution in [1.82, 2.24) is 0 Å². The van der Waals surface area contributed by atoms with Crippen LogP contribution in [-0.4, -0.2) is 0 Å². The van der Waals surface area contributed by atoms with Crippen LogP contribution in [0.15, 0.2) is 60.7 Å². The SMILES string of the molecule is CCCCCc1ccc(-c2ccccc2-c2ccc(CCCCC)c(C#N)c2C#N)cc1. The Labute approximate surface area is 193 Å². The van der Waals surface area contributed by atoms with Crippen molar-refractivity contribution in [2.45, 2.75) is 65.2 Å². The second kappa shape index (κ2) is 11.9. The molecule has 0 amide bonds. The lowest BCUT2D eigenvalue weighted by molar-refractivity contribution is 0.716. The molecule has 0 aliphatic carbocycles. The minimum Gasteiger partial charge on any atom is -0.192 e. The Bertz CT molecular complexity index is 1110. The van der Waals surface area contributed by atoms with E-state index in [1.165, 1.54) is 24.8 Å². The van der Waals surface area contributed by atoms with Crippen LogP contribution in [0.3, 0.4) is 0 Å². The third kappa shape index (κ3) is 5.46. The Morgan fingerprint density at radius 2 is 1.22 bits per heavy atom. The topological polar surface area (TPSA) is 47.6 Å². The van der Waals surface area contributed by atoms with Crippen molar-refractivity contribution in [3.63, 3.8) is 0 Å². The zero-order valence-electron chi connectivity index (χ0n) is 19.3. The summed E-state index contributed by atoms with van der Waals surface area (Å²) in [7, 11) is 0. The largest absolute Gasteiger partial charge is 0.192 e. The highest BCUT2D eigenvalue weighted by Crippen LogP contribution is 2.36. The summed E-state index contributed by atoms with van der Waals surface area (Å²) in [5.41, 5.74) is 7.43. The first kappa shape index (κ1) is 23.3. The molecule has 3 rings (SSSR count). The maximum atomic E-state index is 9.99. The molecule has 0 unspecified atom stereocenters. The van der Waals surface area contributed by atoms with Gasteiger partial charge in [-0.2, -0.15) is 10.5 Å². The Kier molecular flexibility index (Phi) is 8.65. The van der Waals surface area contributed by atoms with Crippen molar-refractivity contribution in [2.24, 2.45) is 0 Å². The first-order chi connectivity index (χ1) is 15.7. The number of nitriles is 2.